The fourth-order valence-corrected chi connectivity index (χ4v) is 4.11. The minimum Gasteiger partial charge on any atom is -0.368 e. The molecule has 0 aromatic carbocycles. The number of hydrogen-bond acceptors (Lipinski definition) is 6. The van der Waals surface area contributed by atoms with E-state index >= 15 is 0 Å². The van der Waals surface area contributed by atoms with Crippen LogP contribution in [0.4, 0.5) is 0 Å². The summed E-state index contributed by atoms with van der Waals surface area (Å²) < 4.78 is 0. The van der Waals surface area contributed by atoms with Gasteiger partial charge in [0, 0.05) is 32.6 Å². The molecule has 0 spiro atoms. The first-order chi connectivity index (χ1) is 14.2. The maximum Gasteiger partial charge on any atom is 0.331 e. The molecule has 0 aromatic rings. The van der Waals surface area contributed by atoms with Crippen molar-refractivity contribution in [3.05, 3.63) is 0 Å². The van der Waals surface area contributed by atoms with Gasteiger partial charge in [0.2, 0.25) is 0 Å². The van der Waals surface area contributed by atoms with Crippen LogP contribution < -0.4 is 0 Å². The van der Waals surface area contributed by atoms with Crippen molar-refractivity contribution in [3.8, 4) is 0 Å². The van der Waals surface area contributed by atoms with Gasteiger partial charge in [-0.1, -0.05) is 46.0 Å². The minimum atomic E-state index is -0.539. The second kappa shape index (κ2) is 12.0. The zero-order valence-electron chi connectivity index (χ0n) is 19.8. The molecule has 0 aromatic heterocycles. The van der Waals surface area contributed by atoms with Crippen LogP contribution in [-0.2, 0) is 19.3 Å². The molecule has 0 unspecified atom stereocenters. The molecule has 0 amide bonds. The van der Waals surface area contributed by atoms with E-state index in [1.165, 1.54) is 12.8 Å². The van der Waals surface area contributed by atoms with Crippen molar-refractivity contribution in [3.63, 3.8) is 0 Å². The Bertz CT molecular complexity index is 535. The van der Waals surface area contributed by atoms with Gasteiger partial charge in [-0.25, -0.2) is 4.79 Å². The van der Waals surface area contributed by atoms with E-state index in [0.717, 1.165) is 84.0 Å². The standard InChI is InChI=1S/C24H44N2O4/c1-23(2,24(3,4)22(28)30-26-19-13-8-14-20-26)16-10-6-5-9-15-21(27)29-25-17-11-7-12-18-25/h5-20H2,1-4H3. The van der Waals surface area contributed by atoms with E-state index < -0.39 is 5.41 Å². The van der Waals surface area contributed by atoms with Gasteiger partial charge in [0.25, 0.3) is 0 Å². The van der Waals surface area contributed by atoms with Crippen LogP contribution in [0.2, 0.25) is 0 Å². The molecule has 2 fully saturated rings. The predicted octanol–water partition coefficient (Wildman–Crippen LogP) is 5.27. The van der Waals surface area contributed by atoms with Gasteiger partial charge in [-0.2, -0.15) is 0 Å². The maximum atomic E-state index is 12.8. The van der Waals surface area contributed by atoms with Crippen LogP contribution in [0.3, 0.4) is 0 Å². The van der Waals surface area contributed by atoms with Gasteiger partial charge in [-0.15, -0.1) is 10.1 Å². The zero-order chi connectivity index (χ0) is 22.0. The fourth-order valence-electron chi connectivity index (χ4n) is 4.11. The highest BCUT2D eigenvalue weighted by Crippen LogP contribution is 2.43. The summed E-state index contributed by atoms with van der Waals surface area (Å²) in [7, 11) is 0. The number of carbonyl (C=O) groups excluding carboxylic acids is 2. The van der Waals surface area contributed by atoms with Gasteiger partial charge in [0.05, 0.1) is 5.41 Å². The van der Waals surface area contributed by atoms with Crippen molar-refractivity contribution in [2.45, 2.75) is 105 Å². The highest BCUT2D eigenvalue weighted by Gasteiger charge is 2.44. The second-order valence-corrected chi connectivity index (χ2v) is 10.2. The first-order valence-electron chi connectivity index (χ1n) is 12.2. The molecule has 0 N–H and O–H groups in total. The van der Waals surface area contributed by atoms with E-state index in [1.54, 1.807) is 0 Å². The molecule has 30 heavy (non-hydrogen) atoms. The van der Waals surface area contributed by atoms with Gasteiger partial charge in [-0.3, -0.25) is 4.79 Å². The number of piperidine rings is 2. The van der Waals surface area contributed by atoms with Crippen molar-refractivity contribution >= 4 is 11.9 Å². The average molecular weight is 425 g/mol. The van der Waals surface area contributed by atoms with Crippen molar-refractivity contribution in [1.29, 1.82) is 0 Å². The third-order valence-electron chi connectivity index (χ3n) is 7.21. The summed E-state index contributed by atoms with van der Waals surface area (Å²) in [5.41, 5.74) is -0.685. The van der Waals surface area contributed by atoms with Crippen LogP contribution in [0.15, 0.2) is 0 Å². The molecular formula is C24H44N2O4. The van der Waals surface area contributed by atoms with E-state index in [9.17, 15) is 9.59 Å². The molecule has 0 aliphatic carbocycles. The Balaban J connectivity index is 1.62. The lowest BCUT2D eigenvalue weighted by atomic mass is 9.65. The van der Waals surface area contributed by atoms with Crippen molar-refractivity contribution in [1.82, 2.24) is 10.1 Å². The summed E-state index contributed by atoms with van der Waals surface area (Å²) in [6.07, 6.45) is 12.3. The minimum absolute atomic E-state index is 0.0983. The number of nitrogens with zero attached hydrogens (tertiary/aromatic N) is 2. The summed E-state index contributed by atoms with van der Waals surface area (Å²) in [4.78, 5) is 35.9. The van der Waals surface area contributed by atoms with Crippen LogP contribution >= 0.6 is 0 Å². The number of hydrogen-bond donors (Lipinski definition) is 0. The van der Waals surface area contributed by atoms with Gasteiger partial charge >= 0.3 is 11.9 Å². The molecule has 6 nitrogen and oxygen atoms in total. The van der Waals surface area contributed by atoms with Crippen LogP contribution in [0, 0.1) is 10.8 Å². The molecule has 0 radical (unpaired) electrons. The Morgan fingerprint density at radius 3 is 1.77 bits per heavy atom. The summed E-state index contributed by atoms with van der Waals surface area (Å²) in [5.74, 6) is -0.214. The molecule has 0 bridgehead atoms. The van der Waals surface area contributed by atoms with Crippen molar-refractivity contribution < 1.29 is 19.3 Å². The van der Waals surface area contributed by atoms with Crippen LogP contribution in [0.1, 0.15) is 105 Å². The Kier molecular flexibility index (Phi) is 10.1. The summed E-state index contributed by atoms with van der Waals surface area (Å²) in [6.45, 7) is 11.8. The third-order valence-corrected chi connectivity index (χ3v) is 7.21. The van der Waals surface area contributed by atoms with Gasteiger partial charge < -0.3 is 9.68 Å². The lowest BCUT2D eigenvalue weighted by Crippen LogP contribution is -2.44. The van der Waals surface area contributed by atoms with E-state index in [1.807, 2.05) is 24.0 Å². The number of hydroxylamine groups is 4. The normalized spacial score (nSPS) is 19.5. The predicted molar refractivity (Wildman–Crippen MR) is 118 cm³/mol. The second-order valence-electron chi connectivity index (χ2n) is 10.2. The number of unbranched alkanes of at least 4 members (excludes halogenated alkanes) is 3. The van der Waals surface area contributed by atoms with Crippen LogP contribution in [0.5, 0.6) is 0 Å². The summed E-state index contributed by atoms with van der Waals surface area (Å²) in [6, 6.07) is 0. The van der Waals surface area contributed by atoms with Crippen molar-refractivity contribution in [2.24, 2.45) is 10.8 Å². The lowest BCUT2D eigenvalue weighted by Gasteiger charge is -2.40. The van der Waals surface area contributed by atoms with Crippen LogP contribution in [0.25, 0.3) is 0 Å². The fraction of sp³-hybridized carbons (Fsp3) is 0.917. The molecule has 2 saturated heterocycles. The highest BCUT2D eigenvalue weighted by molar-refractivity contribution is 5.76. The number of rotatable bonds is 11. The lowest BCUT2D eigenvalue weighted by molar-refractivity contribution is -0.211. The monoisotopic (exact) mass is 424 g/mol. The Morgan fingerprint density at radius 2 is 1.20 bits per heavy atom. The van der Waals surface area contributed by atoms with E-state index in [4.69, 9.17) is 9.68 Å². The van der Waals surface area contributed by atoms with Crippen molar-refractivity contribution in [2.75, 3.05) is 26.2 Å². The van der Waals surface area contributed by atoms with Gasteiger partial charge in [-0.05, 0) is 57.8 Å². The molecule has 2 rings (SSSR count). The summed E-state index contributed by atoms with van der Waals surface area (Å²) >= 11 is 0. The topological polar surface area (TPSA) is 59.1 Å². The van der Waals surface area contributed by atoms with E-state index in [2.05, 4.69) is 13.8 Å². The average Bonchev–Trinajstić information content (AvgIpc) is 2.72. The summed E-state index contributed by atoms with van der Waals surface area (Å²) in [5, 5.41) is 3.66. The molecular weight excluding hydrogens is 380 g/mol. The quantitative estimate of drug-likeness (QED) is 0.421. The zero-order valence-corrected chi connectivity index (χ0v) is 19.8. The molecule has 6 heteroatoms. The highest BCUT2D eigenvalue weighted by atomic mass is 16.7. The Labute approximate surface area is 183 Å². The molecule has 2 aliphatic rings. The maximum absolute atomic E-state index is 12.8. The van der Waals surface area contributed by atoms with Gasteiger partial charge in [0.15, 0.2) is 0 Å². The third kappa shape index (κ3) is 7.84. The Morgan fingerprint density at radius 1 is 0.700 bits per heavy atom. The molecule has 0 saturated carbocycles. The molecule has 2 aliphatic heterocycles. The smallest absolute Gasteiger partial charge is 0.331 e. The molecule has 0 atom stereocenters. The first kappa shape index (κ1) is 25.1. The first-order valence-corrected chi connectivity index (χ1v) is 12.2. The number of carbonyl (C=O) groups is 2. The molecule has 174 valence electrons. The largest absolute Gasteiger partial charge is 0.368 e. The van der Waals surface area contributed by atoms with E-state index in [0.29, 0.717) is 6.42 Å². The van der Waals surface area contributed by atoms with E-state index in [-0.39, 0.29) is 17.4 Å². The Hall–Kier alpha value is -1.14. The molecule has 2 heterocycles. The van der Waals surface area contributed by atoms with Crippen LogP contribution in [-0.4, -0.2) is 48.2 Å². The SMILES string of the molecule is CC(C)(CCCCCCC(=O)ON1CCCCC1)C(C)(C)C(=O)ON1CCCCC1. The van der Waals surface area contributed by atoms with Gasteiger partial charge in [0.1, 0.15) is 0 Å².